The van der Waals surface area contributed by atoms with Crippen molar-refractivity contribution in [3.05, 3.63) is 108 Å². The fourth-order valence-electron chi connectivity index (χ4n) is 4.49. The third-order valence-corrected chi connectivity index (χ3v) is 6.30. The highest BCUT2D eigenvalue weighted by atomic mass is 32.1. The lowest BCUT2D eigenvalue weighted by Crippen LogP contribution is -2.30. The van der Waals surface area contributed by atoms with Crippen molar-refractivity contribution in [2.75, 3.05) is 11.5 Å². The van der Waals surface area contributed by atoms with Gasteiger partial charge in [-0.1, -0.05) is 24.3 Å². The Kier molecular flexibility index (Phi) is 5.84. The summed E-state index contributed by atoms with van der Waals surface area (Å²) in [5.74, 6) is 0.848. The van der Waals surface area contributed by atoms with Crippen LogP contribution in [-0.4, -0.2) is 21.3 Å². The lowest BCUT2D eigenvalue weighted by molar-refractivity contribution is 0.340. The quantitative estimate of drug-likeness (QED) is 0.376. The fourth-order valence-corrected chi connectivity index (χ4v) is 4.84. The van der Waals surface area contributed by atoms with Crippen molar-refractivity contribution in [2.45, 2.75) is 25.9 Å². The van der Waals surface area contributed by atoms with Crippen LogP contribution in [0.4, 0.5) is 5.69 Å². The van der Waals surface area contributed by atoms with Crippen LogP contribution in [0.5, 0.6) is 5.75 Å². The summed E-state index contributed by atoms with van der Waals surface area (Å²) in [6, 6.07) is 26.6. The number of anilines is 1. The number of hydrogen-bond acceptors (Lipinski definition) is 3. The summed E-state index contributed by atoms with van der Waals surface area (Å²) in [6.45, 7) is 4.76. The van der Waals surface area contributed by atoms with Crippen LogP contribution in [0.2, 0.25) is 0 Å². The average molecular weight is 455 g/mol. The molecule has 4 aromatic rings. The molecule has 0 bridgehead atoms. The maximum absolute atomic E-state index is 5.87. The normalized spacial score (nSPS) is 17.8. The molecular weight excluding hydrogens is 428 g/mol. The van der Waals surface area contributed by atoms with Crippen molar-refractivity contribution in [1.29, 1.82) is 0 Å². The summed E-state index contributed by atoms with van der Waals surface area (Å²) in [6.07, 6.45) is 3.95. The first kappa shape index (κ1) is 21.2. The fraction of sp³-hybridized carbons (Fsp3) is 0.185. The summed E-state index contributed by atoms with van der Waals surface area (Å²) in [4.78, 5) is 6.85. The van der Waals surface area contributed by atoms with E-state index in [0.717, 1.165) is 28.5 Å². The van der Waals surface area contributed by atoms with Gasteiger partial charge in [-0.15, -0.1) is 0 Å². The predicted molar refractivity (Wildman–Crippen MR) is 136 cm³/mol. The molecule has 2 aromatic heterocycles. The van der Waals surface area contributed by atoms with Crippen molar-refractivity contribution < 1.29 is 4.74 Å². The van der Waals surface area contributed by atoms with Crippen molar-refractivity contribution in [3.63, 3.8) is 0 Å². The molecule has 0 amide bonds. The first-order valence-corrected chi connectivity index (χ1v) is 11.5. The molecule has 0 radical (unpaired) electrons. The van der Waals surface area contributed by atoms with Gasteiger partial charge in [-0.25, -0.2) is 0 Å². The number of aryl methyl sites for hydroxylation is 1. The van der Waals surface area contributed by atoms with Gasteiger partial charge in [-0.05, 0) is 86.2 Å². The highest BCUT2D eigenvalue weighted by Crippen LogP contribution is 2.42. The molecule has 1 saturated heterocycles. The second kappa shape index (κ2) is 9.08. The third-order valence-electron chi connectivity index (χ3n) is 5.98. The largest absolute Gasteiger partial charge is 0.494 e. The van der Waals surface area contributed by atoms with Gasteiger partial charge in [-0.2, -0.15) is 0 Å². The van der Waals surface area contributed by atoms with E-state index in [1.54, 1.807) is 0 Å². The molecule has 166 valence electrons. The number of rotatable bonds is 6. The molecule has 0 unspecified atom stereocenters. The number of hydrogen-bond donors (Lipinski definition) is 1. The van der Waals surface area contributed by atoms with Crippen LogP contribution in [0.15, 0.2) is 91.3 Å². The highest BCUT2D eigenvalue weighted by Gasteiger charge is 2.42. The number of pyridine rings is 1. The molecule has 3 heterocycles. The van der Waals surface area contributed by atoms with Crippen LogP contribution in [-0.2, 0) is 0 Å². The number of benzene rings is 2. The van der Waals surface area contributed by atoms with E-state index < -0.39 is 0 Å². The van der Waals surface area contributed by atoms with E-state index in [0.29, 0.717) is 11.7 Å². The van der Waals surface area contributed by atoms with Gasteiger partial charge in [0, 0.05) is 29.5 Å². The summed E-state index contributed by atoms with van der Waals surface area (Å²) >= 11 is 5.87. The molecule has 33 heavy (non-hydrogen) atoms. The SMILES string of the molecule is CCOc1ccc(N2C(=S)N[C@H](c3ccccn3)[C@@H]2c2cccn2-c2ccccc2C)cc1. The molecule has 1 aliphatic heterocycles. The maximum Gasteiger partial charge on any atom is 0.174 e. The average Bonchev–Trinajstić information content (AvgIpc) is 3.45. The number of para-hydroxylation sites is 1. The standard InChI is InChI=1S/C27H26N4OS/c1-3-32-21-15-13-20(14-16-21)31-26(25(29-27(31)33)22-10-6-7-17-28-22)24-12-8-18-30(24)23-11-5-4-9-19(23)2/h4-18,25-26H,3H2,1-2H3,(H,29,33)/t25-,26+/m1/s1. The molecule has 5 nitrogen and oxygen atoms in total. The zero-order chi connectivity index (χ0) is 22.8. The smallest absolute Gasteiger partial charge is 0.174 e. The second-order valence-electron chi connectivity index (χ2n) is 8.01. The number of nitrogens with one attached hydrogen (secondary N) is 1. The maximum atomic E-state index is 5.87. The van der Waals surface area contributed by atoms with Gasteiger partial charge in [-0.3, -0.25) is 4.98 Å². The van der Waals surface area contributed by atoms with Crippen LogP contribution < -0.4 is 15.0 Å². The second-order valence-corrected chi connectivity index (χ2v) is 8.40. The van der Waals surface area contributed by atoms with Crippen molar-refractivity contribution in [1.82, 2.24) is 14.9 Å². The van der Waals surface area contributed by atoms with E-state index in [4.69, 9.17) is 17.0 Å². The molecule has 5 rings (SSSR count). The lowest BCUT2D eigenvalue weighted by Gasteiger charge is -2.29. The van der Waals surface area contributed by atoms with Gasteiger partial charge in [0.25, 0.3) is 0 Å². The monoisotopic (exact) mass is 454 g/mol. The molecule has 2 aromatic carbocycles. The summed E-state index contributed by atoms with van der Waals surface area (Å²) in [5, 5.41) is 4.22. The molecule has 0 aliphatic carbocycles. The van der Waals surface area contributed by atoms with E-state index in [2.05, 4.69) is 87.5 Å². The Bertz CT molecular complexity index is 1250. The van der Waals surface area contributed by atoms with Gasteiger partial charge in [0.2, 0.25) is 0 Å². The van der Waals surface area contributed by atoms with Crippen molar-refractivity contribution >= 4 is 23.0 Å². The molecule has 0 saturated carbocycles. The zero-order valence-corrected chi connectivity index (χ0v) is 19.5. The van der Waals surface area contributed by atoms with Crippen LogP contribution in [0.25, 0.3) is 5.69 Å². The molecule has 1 fully saturated rings. The Morgan fingerprint density at radius 3 is 2.48 bits per heavy atom. The zero-order valence-electron chi connectivity index (χ0n) is 18.7. The number of nitrogens with zero attached hydrogens (tertiary/aromatic N) is 3. The van der Waals surface area contributed by atoms with Gasteiger partial charge in [0.15, 0.2) is 5.11 Å². The van der Waals surface area contributed by atoms with Crippen LogP contribution in [0, 0.1) is 6.92 Å². The molecule has 1 N–H and O–H groups in total. The minimum absolute atomic E-state index is 0.0834. The van der Waals surface area contributed by atoms with E-state index in [9.17, 15) is 0 Å². The Hall–Kier alpha value is -3.64. The van der Waals surface area contributed by atoms with Crippen molar-refractivity contribution in [3.8, 4) is 11.4 Å². The van der Waals surface area contributed by atoms with Gasteiger partial charge in [0.05, 0.1) is 18.3 Å². The van der Waals surface area contributed by atoms with Gasteiger partial charge < -0.3 is 19.5 Å². The molecule has 0 spiro atoms. The Labute approximate surface area is 199 Å². The molecule has 6 heteroatoms. The van der Waals surface area contributed by atoms with Crippen LogP contribution >= 0.6 is 12.2 Å². The van der Waals surface area contributed by atoms with Crippen molar-refractivity contribution in [2.24, 2.45) is 0 Å². The first-order chi connectivity index (χ1) is 16.2. The minimum atomic E-state index is -0.0945. The number of thiocarbonyl (C=S) groups is 1. The number of aromatic nitrogens is 2. The van der Waals surface area contributed by atoms with E-state index >= 15 is 0 Å². The summed E-state index contributed by atoms with van der Waals surface area (Å²) in [5.41, 5.74) is 5.47. The van der Waals surface area contributed by atoms with E-state index in [1.807, 2.05) is 37.4 Å². The van der Waals surface area contributed by atoms with Gasteiger partial charge in [0.1, 0.15) is 11.8 Å². The highest BCUT2D eigenvalue weighted by molar-refractivity contribution is 7.80. The summed E-state index contributed by atoms with van der Waals surface area (Å²) in [7, 11) is 0. The molecule has 1 aliphatic rings. The Balaban J connectivity index is 1.64. The first-order valence-electron chi connectivity index (χ1n) is 11.1. The van der Waals surface area contributed by atoms with Crippen LogP contribution in [0.1, 0.15) is 36.0 Å². The van der Waals surface area contributed by atoms with Crippen LogP contribution in [0.3, 0.4) is 0 Å². The summed E-state index contributed by atoms with van der Waals surface area (Å²) < 4.78 is 7.91. The topological polar surface area (TPSA) is 42.3 Å². The van der Waals surface area contributed by atoms with E-state index in [1.165, 1.54) is 5.56 Å². The molecule has 2 atom stereocenters. The number of ether oxygens (including phenoxy) is 1. The molecular formula is C27H26N4OS. The minimum Gasteiger partial charge on any atom is -0.494 e. The Morgan fingerprint density at radius 1 is 0.970 bits per heavy atom. The lowest BCUT2D eigenvalue weighted by atomic mass is 10.0. The van der Waals surface area contributed by atoms with E-state index in [-0.39, 0.29) is 12.1 Å². The third kappa shape index (κ3) is 3.98. The predicted octanol–water partition coefficient (Wildman–Crippen LogP) is 5.76. The van der Waals surface area contributed by atoms with Gasteiger partial charge >= 0.3 is 0 Å². The Morgan fingerprint density at radius 2 is 1.76 bits per heavy atom.